The first-order valence-electron chi connectivity index (χ1n) is 8.97. The van der Waals surface area contributed by atoms with Gasteiger partial charge >= 0.3 is 0 Å². The Morgan fingerprint density at radius 1 is 1.36 bits per heavy atom. The number of ketones is 1. The molecule has 2 nitrogen and oxygen atoms in total. The highest BCUT2D eigenvalue weighted by Gasteiger charge is 2.60. The number of carbonyl (C=O) groups is 1. The predicted molar refractivity (Wildman–Crippen MR) is 82.9 cm³/mol. The summed E-state index contributed by atoms with van der Waals surface area (Å²) in [5, 5.41) is 10.4. The Bertz CT molecular complexity index is 528. The van der Waals surface area contributed by atoms with Crippen LogP contribution in [0.5, 0.6) is 0 Å². The lowest BCUT2D eigenvalue weighted by Gasteiger charge is -2.55. The standard InChI is InChI=1S/C19H27FO2/c1-10-7-11-8-12(21)3-4-13(11)14-5-6-19(2)15(17(10)14)9-16(20)18(19)22/h8,10,13-18,22H,3-7,9H2,1-2H3/t10-,13+,14-,15+,16-,17-,18+,19+/m1/s1/i20-1. The maximum absolute atomic E-state index is 14.2. The fourth-order valence-electron chi connectivity index (χ4n) is 6.54. The van der Waals surface area contributed by atoms with E-state index in [-0.39, 0.29) is 11.2 Å². The van der Waals surface area contributed by atoms with Gasteiger partial charge in [0.2, 0.25) is 0 Å². The number of aliphatic hydroxyl groups is 1. The second kappa shape index (κ2) is 4.90. The summed E-state index contributed by atoms with van der Waals surface area (Å²) in [5.41, 5.74) is 1.13. The molecule has 22 heavy (non-hydrogen) atoms. The Morgan fingerprint density at radius 3 is 2.91 bits per heavy atom. The Balaban J connectivity index is 1.69. The van der Waals surface area contributed by atoms with Crippen LogP contribution in [0.2, 0.25) is 0 Å². The van der Waals surface area contributed by atoms with Crippen molar-refractivity contribution >= 4 is 5.78 Å². The van der Waals surface area contributed by atoms with E-state index >= 15 is 0 Å². The van der Waals surface area contributed by atoms with Gasteiger partial charge in [0.1, 0.15) is 6.17 Å². The summed E-state index contributed by atoms with van der Waals surface area (Å²) in [7, 11) is 0. The topological polar surface area (TPSA) is 37.3 Å². The van der Waals surface area contributed by atoms with Gasteiger partial charge in [0, 0.05) is 6.42 Å². The molecule has 0 bridgehead atoms. The molecule has 122 valence electrons. The average molecular weight is 305 g/mol. The molecule has 8 atom stereocenters. The van der Waals surface area contributed by atoms with Gasteiger partial charge in [-0.15, -0.1) is 0 Å². The van der Waals surface area contributed by atoms with E-state index in [0.29, 0.717) is 42.4 Å². The summed E-state index contributed by atoms with van der Waals surface area (Å²) in [5.74, 6) is 2.76. The predicted octanol–water partition coefficient (Wildman–Crippen LogP) is 3.68. The van der Waals surface area contributed by atoms with Crippen LogP contribution in [0.25, 0.3) is 0 Å². The largest absolute Gasteiger partial charge is 0.390 e. The van der Waals surface area contributed by atoms with E-state index in [0.717, 1.165) is 25.7 Å². The maximum Gasteiger partial charge on any atom is 0.155 e. The second-order valence-electron chi connectivity index (χ2n) is 8.60. The highest BCUT2D eigenvalue weighted by atomic mass is 18.2. The molecule has 0 heterocycles. The fraction of sp³-hybridized carbons (Fsp3) is 0.842. The van der Waals surface area contributed by atoms with Crippen LogP contribution in [0.3, 0.4) is 0 Å². The van der Waals surface area contributed by atoms with E-state index in [1.54, 1.807) is 0 Å². The van der Waals surface area contributed by atoms with Crippen molar-refractivity contribution < 1.29 is 14.3 Å². The molecule has 0 aromatic carbocycles. The van der Waals surface area contributed by atoms with Gasteiger partial charge in [0.05, 0.1) is 6.10 Å². The Labute approximate surface area is 132 Å². The van der Waals surface area contributed by atoms with Crippen LogP contribution in [-0.4, -0.2) is 23.2 Å². The molecule has 0 aliphatic heterocycles. The van der Waals surface area contributed by atoms with Crippen molar-refractivity contribution in [1.82, 2.24) is 0 Å². The van der Waals surface area contributed by atoms with Gasteiger partial charge in [-0.25, -0.2) is 4.39 Å². The molecule has 0 aromatic rings. The summed E-state index contributed by atoms with van der Waals surface area (Å²) in [6.45, 7) is 4.39. The van der Waals surface area contributed by atoms with Crippen LogP contribution in [0.15, 0.2) is 11.6 Å². The van der Waals surface area contributed by atoms with E-state index in [1.807, 2.05) is 6.08 Å². The Hall–Kier alpha value is -0.700. The molecule has 0 aromatic heterocycles. The normalized spacial score (nSPS) is 54.3. The molecule has 4 aliphatic rings. The van der Waals surface area contributed by atoms with Crippen molar-refractivity contribution in [3.05, 3.63) is 11.6 Å². The third-order valence-electron chi connectivity index (χ3n) is 7.58. The second-order valence-corrected chi connectivity index (χ2v) is 8.60. The molecule has 3 heteroatoms. The van der Waals surface area contributed by atoms with Crippen LogP contribution >= 0.6 is 0 Å². The minimum absolute atomic E-state index is 0.236. The van der Waals surface area contributed by atoms with Gasteiger partial charge in [-0.05, 0) is 73.2 Å². The number of alkyl halides is 1. The van der Waals surface area contributed by atoms with Gasteiger partial charge in [-0.1, -0.05) is 19.4 Å². The Kier molecular flexibility index (Phi) is 3.31. The lowest BCUT2D eigenvalue weighted by Crippen LogP contribution is -2.50. The molecule has 4 aliphatic carbocycles. The first kappa shape index (κ1) is 14.9. The zero-order chi connectivity index (χ0) is 15.6. The number of allylic oxidation sites excluding steroid dienone is 1. The van der Waals surface area contributed by atoms with Crippen molar-refractivity contribution in [2.75, 3.05) is 0 Å². The number of halogens is 1. The first-order chi connectivity index (χ1) is 10.4. The molecule has 0 radical (unpaired) electrons. The van der Waals surface area contributed by atoms with Crippen molar-refractivity contribution in [1.29, 1.82) is 0 Å². The highest BCUT2D eigenvalue weighted by Crippen LogP contribution is 2.63. The van der Waals surface area contributed by atoms with E-state index in [2.05, 4.69) is 13.8 Å². The molecule has 0 spiro atoms. The van der Waals surface area contributed by atoms with Crippen LogP contribution < -0.4 is 0 Å². The summed E-state index contributed by atoms with van der Waals surface area (Å²) in [4.78, 5) is 11.7. The SMILES string of the molecule is C[C@@H]1CC2=CC(=O)CC[C@@H]2[C@H]2CC[C@]3(C)[C@@H](O)[C@H]([18F])C[C@H]3[C@@H]21. The number of rotatable bonds is 0. The quantitative estimate of drug-likeness (QED) is 0.741. The third-order valence-corrected chi connectivity index (χ3v) is 7.58. The lowest BCUT2D eigenvalue weighted by molar-refractivity contribution is -0.116. The van der Waals surface area contributed by atoms with Gasteiger partial charge in [-0.3, -0.25) is 4.79 Å². The molecule has 0 saturated heterocycles. The van der Waals surface area contributed by atoms with E-state index in [4.69, 9.17) is 0 Å². The fourth-order valence-corrected chi connectivity index (χ4v) is 6.54. The van der Waals surface area contributed by atoms with Crippen LogP contribution in [0.1, 0.15) is 52.4 Å². The van der Waals surface area contributed by atoms with E-state index in [1.165, 1.54) is 5.57 Å². The van der Waals surface area contributed by atoms with Crippen LogP contribution in [0.4, 0.5) is 4.39 Å². The Morgan fingerprint density at radius 2 is 2.14 bits per heavy atom. The number of hydrogen-bond donors (Lipinski definition) is 1. The van der Waals surface area contributed by atoms with E-state index < -0.39 is 12.3 Å². The summed E-state index contributed by atoms with van der Waals surface area (Å²) < 4.78 is 14.2. The minimum atomic E-state index is -1.05. The molecular weight excluding hydrogens is 278 g/mol. The van der Waals surface area contributed by atoms with Crippen LogP contribution in [-0.2, 0) is 4.79 Å². The molecule has 1 N–H and O–H groups in total. The monoisotopic (exact) mass is 305 g/mol. The summed E-state index contributed by atoms with van der Waals surface area (Å²) in [6.07, 6.45) is 5.31. The third kappa shape index (κ3) is 1.90. The molecule has 3 fully saturated rings. The average Bonchev–Trinajstić information content (AvgIpc) is 2.70. The van der Waals surface area contributed by atoms with Crippen molar-refractivity contribution in [3.8, 4) is 0 Å². The summed E-state index contributed by atoms with van der Waals surface area (Å²) >= 11 is 0. The molecular formula is C19H27FO2. The van der Waals surface area contributed by atoms with Gasteiger partial charge in [0.25, 0.3) is 0 Å². The number of hydrogen-bond acceptors (Lipinski definition) is 2. The molecule has 3 saturated carbocycles. The number of fused-ring (bicyclic) bond motifs is 5. The van der Waals surface area contributed by atoms with Crippen molar-refractivity contribution in [2.24, 2.45) is 35.0 Å². The first-order valence-corrected chi connectivity index (χ1v) is 8.97. The van der Waals surface area contributed by atoms with Crippen molar-refractivity contribution in [2.45, 2.75) is 64.6 Å². The summed E-state index contributed by atoms with van der Waals surface area (Å²) in [6, 6.07) is 0. The van der Waals surface area contributed by atoms with Gasteiger partial charge in [-0.2, -0.15) is 0 Å². The molecule has 4 rings (SSSR count). The van der Waals surface area contributed by atoms with Gasteiger partial charge < -0.3 is 5.11 Å². The number of carbonyl (C=O) groups excluding carboxylic acids is 1. The number of aliphatic hydroxyl groups excluding tert-OH is 1. The smallest absolute Gasteiger partial charge is 0.155 e. The molecule has 0 amide bonds. The lowest BCUT2D eigenvalue weighted by atomic mass is 9.49. The van der Waals surface area contributed by atoms with Crippen LogP contribution in [0, 0.1) is 35.0 Å². The zero-order valence-corrected chi connectivity index (χ0v) is 13.6. The zero-order valence-electron chi connectivity index (χ0n) is 13.6. The van der Waals surface area contributed by atoms with Crippen molar-refractivity contribution in [3.63, 3.8) is 0 Å². The minimum Gasteiger partial charge on any atom is -0.390 e. The van der Waals surface area contributed by atoms with Gasteiger partial charge in [0.15, 0.2) is 5.78 Å². The molecule has 0 unspecified atom stereocenters. The maximum atomic E-state index is 14.2. The van der Waals surface area contributed by atoms with E-state index in [9.17, 15) is 14.3 Å². The highest BCUT2D eigenvalue weighted by molar-refractivity contribution is 5.91.